The fourth-order valence-corrected chi connectivity index (χ4v) is 1.67. The normalized spacial score (nSPS) is 9.69. The maximum atomic E-state index is 10.7. The highest BCUT2D eigenvalue weighted by molar-refractivity contribution is 7.16. The second-order valence-electron chi connectivity index (χ2n) is 2.40. The number of rotatable bonds is 2. The number of aromatic carboxylic acids is 1. The summed E-state index contributed by atoms with van der Waals surface area (Å²) in [6.45, 7) is 3.00. The first-order chi connectivity index (χ1) is 6.00. The minimum absolute atomic E-state index is 0.0994. The SMILES string of the molecule is CC(=O)Nc1sc(C)nc1C(=O)O. The minimum Gasteiger partial charge on any atom is -0.476 e. The molecule has 5 nitrogen and oxygen atoms in total. The molecule has 0 atom stereocenters. The summed E-state index contributed by atoms with van der Waals surface area (Å²) in [5.41, 5.74) is -0.0994. The third kappa shape index (κ3) is 2.25. The molecule has 1 amide bonds. The van der Waals surface area contributed by atoms with Crippen LogP contribution in [-0.2, 0) is 4.79 Å². The van der Waals surface area contributed by atoms with Gasteiger partial charge in [-0.2, -0.15) is 0 Å². The number of anilines is 1. The Bertz CT molecular complexity index is 359. The zero-order valence-corrected chi connectivity index (χ0v) is 7.94. The number of carbonyl (C=O) groups excluding carboxylic acids is 1. The first kappa shape index (κ1) is 9.66. The van der Waals surface area contributed by atoms with E-state index in [0.29, 0.717) is 5.01 Å². The second-order valence-corrected chi connectivity index (χ2v) is 3.60. The van der Waals surface area contributed by atoms with Crippen molar-refractivity contribution in [1.82, 2.24) is 4.98 Å². The number of thiazole rings is 1. The lowest BCUT2D eigenvalue weighted by Crippen LogP contribution is -2.08. The topological polar surface area (TPSA) is 79.3 Å². The highest BCUT2D eigenvalue weighted by atomic mass is 32.1. The molecule has 2 N–H and O–H groups in total. The molecule has 0 bridgehead atoms. The van der Waals surface area contributed by atoms with Crippen LogP contribution in [0.2, 0.25) is 0 Å². The summed E-state index contributed by atoms with van der Waals surface area (Å²) in [6, 6.07) is 0. The third-order valence-electron chi connectivity index (χ3n) is 1.23. The van der Waals surface area contributed by atoms with Crippen molar-refractivity contribution in [2.75, 3.05) is 5.32 Å². The number of carbonyl (C=O) groups is 2. The predicted octanol–water partition coefficient (Wildman–Crippen LogP) is 1.11. The fraction of sp³-hybridized carbons (Fsp3) is 0.286. The Morgan fingerprint density at radius 3 is 2.62 bits per heavy atom. The Labute approximate surface area is 78.4 Å². The molecule has 0 saturated carbocycles. The van der Waals surface area contributed by atoms with Gasteiger partial charge in [-0.25, -0.2) is 9.78 Å². The van der Waals surface area contributed by atoms with Crippen molar-refractivity contribution < 1.29 is 14.7 Å². The molecule has 0 aromatic carbocycles. The predicted molar refractivity (Wildman–Crippen MR) is 48.1 cm³/mol. The summed E-state index contributed by atoms with van der Waals surface area (Å²) >= 11 is 1.15. The van der Waals surface area contributed by atoms with E-state index < -0.39 is 5.97 Å². The van der Waals surface area contributed by atoms with Crippen molar-refractivity contribution in [1.29, 1.82) is 0 Å². The summed E-state index contributed by atoms with van der Waals surface area (Å²) in [5, 5.41) is 12.0. The van der Waals surface area contributed by atoms with Gasteiger partial charge >= 0.3 is 5.97 Å². The monoisotopic (exact) mass is 200 g/mol. The van der Waals surface area contributed by atoms with Crippen LogP contribution in [0.3, 0.4) is 0 Å². The molecular formula is C7H8N2O3S. The van der Waals surface area contributed by atoms with Crippen LogP contribution in [0.15, 0.2) is 0 Å². The Morgan fingerprint density at radius 1 is 1.54 bits per heavy atom. The standard InChI is InChI=1S/C7H8N2O3S/c1-3(10)8-6-5(7(11)12)9-4(2)13-6/h1-2H3,(H,8,10)(H,11,12). The Morgan fingerprint density at radius 2 is 2.15 bits per heavy atom. The number of carboxylic acid groups (broad SMARTS) is 1. The van der Waals surface area contributed by atoms with Gasteiger partial charge in [0.2, 0.25) is 5.91 Å². The maximum Gasteiger partial charge on any atom is 0.357 e. The second kappa shape index (κ2) is 3.53. The van der Waals surface area contributed by atoms with Crippen molar-refractivity contribution in [2.45, 2.75) is 13.8 Å². The lowest BCUT2D eigenvalue weighted by Gasteiger charge is -1.96. The van der Waals surface area contributed by atoms with Gasteiger partial charge in [-0.15, -0.1) is 11.3 Å². The lowest BCUT2D eigenvalue weighted by atomic mass is 10.4. The van der Waals surface area contributed by atoms with Crippen LogP contribution in [0.4, 0.5) is 5.00 Å². The molecule has 13 heavy (non-hydrogen) atoms. The summed E-state index contributed by atoms with van der Waals surface area (Å²) in [4.78, 5) is 25.0. The van der Waals surface area contributed by atoms with E-state index >= 15 is 0 Å². The van der Waals surface area contributed by atoms with Gasteiger partial charge < -0.3 is 10.4 Å². The van der Waals surface area contributed by atoms with Crippen LogP contribution in [0.5, 0.6) is 0 Å². The molecule has 70 valence electrons. The smallest absolute Gasteiger partial charge is 0.357 e. The molecule has 0 aliphatic carbocycles. The zero-order valence-electron chi connectivity index (χ0n) is 7.12. The van der Waals surface area contributed by atoms with Crippen LogP contribution >= 0.6 is 11.3 Å². The average molecular weight is 200 g/mol. The van der Waals surface area contributed by atoms with Gasteiger partial charge in [-0.1, -0.05) is 0 Å². The van der Waals surface area contributed by atoms with Gasteiger partial charge in [-0.3, -0.25) is 4.79 Å². The number of hydrogen-bond donors (Lipinski definition) is 2. The van der Waals surface area contributed by atoms with E-state index in [0.717, 1.165) is 11.3 Å². The molecule has 1 aromatic heterocycles. The molecule has 1 aromatic rings. The van der Waals surface area contributed by atoms with E-state index in [1.54, 1.807) is 6.92 Å². The summed E-state index contributed by atoms with van der Waals surface area (Å²) in [7, 11) is 0. The van der Waals surface area contributed by atoms with Crippen LogP contribution in [0.25, 0.3) is 0 Å². The van der Waals surface area contributed by atoms with E-state index in [2.05, 4.69) is 10.3 Å². The molecule has 0 fully saturated rings. The number of nitrogens with zero attached hydrogens (tertiary/aromatic N) is 1. The van der Waals surface area contributed by atoms with Crippen molar-refractivity contribution in [3.63, 3.8) is 0 Å². The molecule has 0 aliphatic rings. The molecule has 1 heterocycles. The number of nitrogens with one attached hydrogen (secondary N) is 1. The van der Waals surface area contributed by atoms with Gasteiger partial charge in [0.05, 0.1) is 5.01 Å². The molecule has 0 radical (unpaired) electrons. The van der Waals surface area contributed by atoms with E-state index in [9.17, 15) is 9.59 Å². The van der Waals surface area contributed by atoms with E-state index in [1.807, 2.05) is 0 Å². The van der Waals surface area contributed by atoms with E-state index in [4.69, 9.17) is 5.11 Å². The lowest BCUT2D eigenvalue weighted by molar-refractivity contribution is -0.114. The molecule has 6 heteroatoms. The number of carboxylic acids is 1. The van der Waals surface area contributed by atoms with Gasteiger partial charge in [-0.05, 0) is 6.92 Å². The van der Waals surface area contributed by atoms with Gasteiger partial charge in [0.15, 0.2) is 5.69 Å². The van der Waals surface area contributed by atoms with Crippen LogP contribution in [0.1, 0.15) is 22.4 Å². The Balaban J connectivity index is 3.04. The molecule has 1 rings (SSSR count). The zero-order chi connectivity index (χ0) is 10.0. The first-order valence-corrected chi connectivity index (χ1v) is 4.30. The van der Waals surface area contributed by atoms with Crippen LogP contribution in [0, 0.1) is 6.92 Å². The fourth-order valence-electron chi connectivity index (χ4n) is 0.817. The minimum atomic E-state index is -1.13. The molecular weight excluding hydrogens is 192 g/mol. The van der Waals surface area contributed by atoms with Crippen molar-refractivity contribution in [2.24, 2.45) is 0 Å². The third-order valence-corrected chi connectivity index (χ3v) is 2.11. The molecule has 0 unspecified atom stereocenters. The summed E-state index contributed by atoms with van der Waals surface area (Å²) < 4.78 is 0. The molecule has 0 spiro atoms. The maximum absolute atomic E-state index is 10.7. The van der Waals surface area contributed by atoms with Crippen LogP contribution < -0.4 is 5.32 Å². The summed E-state index contributed by atoms with van der Waals surface area (Å²) in [6.07, 6.45) is 0. The number of aryl methyl sites for hydroxylation is 1. The molecule has 0 aliphatic heterocycles. The van der Waals surface area contributed by atoms with Gasteiger partial charge in [0, 0.05) is 6.92 Å². The molecule has 0 saturated heterocycles. The van der Waals surface area contributed by atoms with Crippen molar-refractivity contribution >= 4 is 28.2 Å². The van der Waals surface area contributed by atoms with Gasteiger partial charge in [0.25, 0.3) is 0 Å². The van der Waals surface area contributed by atoms with Gasteiger partial charge in [0.1, 0.15) is 5.00 Å². The quantitative estimate of drug-likeness (QED) is 0.749. The largest absolute Gasteiger partial charge is 0.476 e. The number of amides is 1. The first-order valence-electron chi connectivity index (χ1n) is 3.49. The van der Waals surface area contributed by atoms with Crippen LogP contribution in [-0.4, -0.2) is 22.0 Å². The summed E-state index contributed by atoms with van der Waals surface area (Å²) in [5.74, 6) is -1.43. The highest BCUT2D eigenvalue weighted by Gasteiger charge is 2.16. The average Bonchev–Trinajstić information content (AvgIpc) is 2.29. The number of aromatic nitrogens is 1. The van der Waals surface area contributed by atoms with E-state index in [1.165, 1.54) is 6.92 Å². The van der Waals surface area contributed by atoms with Crippen molar-refractivity contribution in [3.05, 3.63) is 10.7 Å². The van der Waals surface area contributed by atoms with Crippen molar-refractivity contribution in [3.8, 4) is 0 Å². The van der Waals surface area contributed by atoms with E-state index in [-0.39, 0.29) is 16.6 Å². The Kier molecular flexibility index (Phi) is 2.62. The highest BCUT2D eigenvalue weighted by Crippen LogP contribution is 2.23. The Hall–Kier alpha value is -1.43. The number of hydrogen-bond acceptors (Lipinski definition) is 4.